The van der Waals surface area contributed by atoms with E-state index in [-0.39, 0.29) is 11.5 Å². The second-order valence-electron chi connectivity index (χ2n) is 6.49. The first-order valence-electron chi connectivity index (χ1n) is 9.47. The summed E-state index contributed by atoms with van der Waals surface area (Å²) in [4.78, 5) is 30.2. The van der Waals surface area contributed by atoms with Gasteiger partial charge in [0, 0.05) is 25.8 Å². The lowest BCUT2D eigenvalue weighted by Crippen LogP contribution is -2.27. The third-order valence-electron chi connectivity index (χ3n) is 4.23. The number of aryl methyl sites for hydroxylation is 1. The maximum absolute atomic E-state index is 13.0. The topological polar surface area (TPSA) is 99.2 Å². The van der Waals surface area contributed by atoms with Crippen molar-refractivity contribution >= 4 is 34.4 Å². The number of carbonyl (C=O) groups is 1. The average Bonchev–Trinajstić information content (AvgIpc) is 3.11. The van der Waals surface area contributed by atoms with Gasteiger partial charge < -0.3 is 14.6 Å². The summed E-state index contributed by atoms with van der Waals surface area (Å²) in [5, 5.41) is 7.06. The van der Waals surface area contributed by atoms with Crippen molar-refractivity contribution in [2.75, 3.05) is 18.5 Å². The van der Waals surface area contributed by atoms with Gasteiger partial charge in [-0.25, -0.2) is 4.98 Å². The summed E-state index contributed by atoms with van der Waals surface area (Å²) in [6.07, 6.45) is 0.681. The molecule has 0 saturated heterocycles. The van der Waals surface area contributed by atoms with Crippen LogP contribution in [0.2, 0.25) is 0 Å². The van der Waals surface area contributed by atoms with Gasteiger partial charge in [-0.3, -0.25) is 14.2 Å². The fourth-order valence-corrected chi connectivity index (χ4v) is 3.70. The van der Waals surface area contributed by atoms with E-state index < -0.39 is 5.25 Å². The van der Waals surface area contributed by atoms with Gasteiger partial charge in [-0.15, -0.1) is 0 Å². The number of rotatable bonds is 9. The first kappa shape index (κ1) is 21.1. The van der Waals surface area contributed by atoms with Crippen molar-refractivity contribution in [1.29, 1.82) is 0 Å². The molecule has 0 aliphatic carbocycles. The number of hydrogen-bond acceptors (Lipinski definition) is 7. The Balaban J connectivity index is 1.83. The third kappa shape index (κ3) is 5.24. The second kappa shape index (κ2) is 9.71. The molecule has 29 heavy (non-hydrogen) atoms. The number of ether oxygens (including phenoxy) is 1. The van der Waals surface area contributed by atoms with E-state index in [4.69, 9.17) is 9.26 Å². The molecule has 3 rings (SSSR count). The molecule has 0 aliphatic heterocycles. The smallest absolute Gasteiger partial charge is 0.262 e. The summed E-state index contributed by atoms with van der Waals surface area (Å²) in [6, 6.07) is 8.87. The van der Waals surface area contributed by atoms with Crippen LogP contribution in [0.25, 0.3) is 10.9 Å². The number of para-hydroxylation sites is 1. The van der Waals surface area contributed by atoms with Crippen LogP contribution in [0.15, 0.2) is 44.8 Å². The van der Waals surface area contributed by atoms with Gasteiger partial charge in [0.1, 0.15) is 5.76 Å². The van der Waals surface area contributed by atoms with Gasteiger partial charge in [0.25, 0.3) is 5.56 Å². The number of benzene rings is 1. The largest absolute Gasteiger partial charge is 0.382 e. The maximum Gasteiger partial charge on any atom is 0.262 e. The van der Waals surface area contributed by atoms with E-state index in [2.05, 4.69) is 15.5 Å². The second-order valence-corrected chi connectivity index (χ2v) is 7.80. The summed E-state index contributed by atoms with van der Waals surface area (Å²) >= 11 is 1.24. The lowest BCUT2D eigenvalue weighted by atomic mass is 10.2. The highest BCUT2D eigenvalue weighted by Crippen LogP contribution is 2.24. The van der Waals surface area contributed by atoms with E-state index in [0.717, 1.165) is 0 Å². The lowest BCUT2D eigenvalue weighted by Gasteiger charge is -2.16. The van der Waals surface area contributed by atoms with Gasteiger partial charge in [0.15, 0.2) is 11.0 Å². The van der Waals surface area contributed by atoms with Gasteiger partial charge in [-0.2, -0.15) is 0 Å². The highest BCUT2D eigenvalue weighted by molar-refractivity contribution is 8.00. The molecule has 1 aromatic carbocycles. The molecule has 0 radical (unpaired) electrons. The van der Waals surface area contributed by atoms with Crippen LogP contribution >= 0.6 is 11.8 Å². The van der Waals surface area contributed by atoms with E-state index in [1.165, 1.54) is 11.8 Å². The number of amides is 1. The molecule has 2 heterocycles. The Kier molecular flexibility index (Phi) is 7.05. The molecule has 0 spiro atoms. The van der Waals surface area contributed by atoms with Crippen molar-refractivity contribution in [3.8, 4) is 0 Å². The minimum absolute atomic E-state index is 0.116. The van der Waals surface area contributed by atoms with Crippen molar-refractivity contribution < 1.29 is 14.1 Å². The Bertz CT molecular complexity index is 1050. The molecule has 154 valence electrons. The van der Waals surface area contributed by atoms with Crippen LogP contribution in [-0.4, -0.2) is 39.1 Å². The highest BCUT2D eigenvalue weighted by atomic mass is 32.2. The number of thioether (sulfide) groups is 1. The van der Waals surface area contributed by atoms with Gasteiger partial charge in [-0.1, -0.05) is 29.1 Å². The molecule has 1 atom stereocenters. The molecule has 2 aromatic heterocycles. The molecular formula is C20H24N4O4S. The normalized spacial score (nSPS) is 12.2. The predicted molar refractivity (Wildman–Crippen MR) is 112 cm³/mol. The van der Waals surface area contributed by atoms with Crippen LogP contribution in [0.1, 0.15) is 26.0 Å². The molecule has 0 unspecified atom stereocenters. The summed E-state index contributed by atoms with van der Waals surface area (Å²) in [5.41, 5.74) is 0.495. The van der Waals surface area contributed by atoms with Crippen LogP contribution in [-0.2, 0) is 16.1 Å². The minimum atomic E-state index is -0.488. The molecule has 1 N–H and O–H groups in total. The molecule has 1 amide bonds. The van der Waals surface area contributed by atoms with Gasteiger partial charge in [0.05, 0.1) is 16.2 Å². The Labute approximate surface area is 172 Å². The van der Waals surface area contributed by atoms with Crippen molar-refractivity contribution in [3.63, 3.8) is 0 Å². The first-order chi connectivity index (χ1) is 14.0. The number of carbonyl (C=O) groups excluding carboxylic acids is 1. The number of aromatic nitrogens is 3. The first-order valence-corrected chi connectivity index (χ1v) is 10.4. The van der Waals surface area contributed by atoms with Gasteiger partial charge in [0.2, 0.25) is 5.91 Å². The summed E-state index contributed by atoms with van der Waals surface area (Å²) in [6.45, 7) is 7.10. The van der Waals surface area contributed by atoms with Crippen LogP contribution < -0.4 is 10.9 Å². The summed E-state index contributed by atoms with van der Waals surface area (Å²) < 4.78 is 12.0. The monoisotopic (exact) mass is 416 g/mol. The summed E-state index contributed by atoms with van der Waals surface area (Å²) in [7, 11) is 0. The zero-order chi connectivity index (χ0) is 20.8. The van der Waals surface area contributed by atoms with E-state index in [9.17, 15) is 9.59 Å². The summed E-state index contributed by atoms with van der Waals surface area (Å²) in [5.74, 6) is 0.729. The number of nitrogens with one attached hydrogen (secondary N) is 1. The number of anilines is 1. The fraction of sp³-hybridized carbons (Fsp3) is 0.400. The van der Waals surface area contributed by atoms with Crippen LogP contribution in [0.3, 0.4) is 0 Å². The van der Waals surface area contributed by atoms with E-state index in [1.54, 1.807) is 36.6 Å². The van der Waals surface area contributed by atoms with Gasteiger partial charge in [-0.05, 0) is 39.3 Å². The maximum atomic E-state index is 13.0. The van der Waals surface area contributed by atoms with Crippen LogP contribution in [0.4, 0.5) is 5.82 Å². The van der Waals surface area contributed by atoms with Crippen molar-refractivity contribution in [2.24, 2.45) is 0 Å². The molecule has 9 heteroatoms. The highest BCUT2D eigenvalue weighted by Gasteiger charge is 2.20. The van der Waals surface area contributed by atoms with E-state index in [1.807, 2.05) is 19.1 Å². The number of hydrogen-bond donors (Lipinski definition) is 1. The molecular weight excluding hydrogens is 392 g/mol. The average molecular weight is 417 g/mol. The Hall–Kier alpha value is -2.65. The molecule has 3 aromatic rings. The molecule has 0 saturated carbocycles. The number of nitrogens with zero attached hydrogens (tertiary/aromatic N) is 3. The van der Waals surface area contributed by atoms with Crippen LogP contribution in [0.5, 0.6) is 0 Å². The Morgan fingerprint density at radius 3 is 2.90 bits per heavy atom. The zero-order valence-corrected chi connectivity index (χ0v) is 17.5. The zero-order valence-electron chi connectivity index (χ0n) is 16.7. The Morgan fingerprint density at radius 1 is 1.38 bits per heavy atom. The fourth-order valence-electron chi connectivity index (χ4n) is 2.77. The molecule has 8 nitrogen and oxygen atoms in total. The third-order valence-corrected chi connectivity index (χ3v) is 5.32. The molecule has 0 fully saturated rings. The molecule has 0 bridgehead atoms. The van der Waals surface area contributed by atoms with Crippen LogP contribution in [0, 0.1) is 6.92 Å². The van der Waals surface area contributed by atoms with Gasteiger partial charge >= 0.3 is 0 Å². The molecule has 0 aliphatic rings. The van der Waals surface area contributed by atoms with Crippen molar-refractivity contribution in [2.45, 2.75) is 44.1 Å². The van der Waals surface area contributed by atoms with Crippen molar-refractivity contribution in [1.82, 2.24) is 14.7 Å². The van der Waals surface area contributed by atoms with E-state index in [0.29, 0.717) is 53.8 Å². The standard InChI is InChI=1S/C20H24N4O4S/c1-4-27-11-7-10-24-19(26)15-8-5-6-9-16(15)21-20(24)29-14(3)18(25)22-17-12-13(2)28-23-17/h5-6,8-9,12,14H,4,7,10-11H2,1-3H3,(H,22,23,25)/t14-/m1/s1. The SMILES string of the molecule is CCOCCCn1c(S[C@H](C)C(=O)Nc2cc(C)on2)nc2ccccc2c1=O. The predicted octanol–water partition coefficient (Wildman–Crippen LogP) is 3.24. The quantitative estimate of drug-likeness (QED) is 0.325. The minimum Gasteiger partial charge on any atom is -0.382 e. The van der Waals surface area contributed by atoms with E-state index >= 15 is 0 Å². The Morgan fingerprint density at radius 2 is 2.17 bits per heavy atom. The lowest BCUT2D eigenvalue weighted by molar-refractivity contribution is -0.115. The van der Waals surface area contributed by atoms with Crippen molar-refractivity contribution in [3.05, 3.63) is 46.4 Å². The number of fused-ring (bicyclic) bond motifs is 1.